The zero-order valence-electron chi connectivity index (χ0n) is 12.5. The molecule has 0 aliphatic carbocycles. The van der Waals surface area contributed by atoms with Gasteiger partial charge in [-0.05, 0) is 18.2 Å². The summed E-state index contributed by atoms with van der Waals surface area (Å²) in [5, 5.41) is 2.62. The number of benzene rings is 2. The van der Waals surface area contributed by atoms with Gasteiger partial charge in [-0.3, -0.25) is 0 Å². The number of hydrogen-bond acceptors (Lipinski definition) is 5. The molecule has 122 valence electrons. The first-order valence-corrected chi connectivity index (χ1v) is 6.94. The molecule has 3 rings (SSSR count). The van der Waals surface area contributed by atoms with Crippen molar-refractivity contribution < 1.29 is 22.7 Å². The Labute approximate surface area is 135 Å². The smallest absolute Gasteiger partial charge is 0.338 e. The summed E-state index contributed by atoms with van der Waals surface area (Å²) >= 11 is 0. The number of hydrogen-bond donors (Lipinski definition) is 1. The third-order valence-electron chi connectivity index (χ3n) is 3.28. The van der Waals surface area contributed by atoms with Crippen LogP contribution in [0.15, 0.2) is 53.1 Å². The number of rotatable bonds is 4. The van der Waals surface area contributed by atoms with Crippen molar-refractivity contribution in [3.05, 3.63) is 65.9 Å². The highest BCUT2D eigenvalue weighted by Crippen LogP contribution is 2.28. The van der Waals surface area contributed by atoms with E-state index in [1.165, 1.54) is 19.4 Å². The number of ether oxygens (including phenoxy) is 1. The monoisotopic (exact) mass is 330 g/mol. The fraction of sp³-hybridized carbons (Fsp3) is 0.0588. The number of nitrogens with zero attached hydrogens (tertiary/aromatic N) is 1. The van der Waals surface area contributed by atoms with Gasteiger partial charge in [-0.25, -0.2) is 18.6 Å². The first-order valence-electron chi connectivity index (χ1n) is 6.94. The molecule has 1 heterocycles. The summed E-state index contributed by atoms with van der Waals surface area (Å²) < 4.78 is 36.8. The number of carbonyl (C=O) groups is 1. The van der Waals surface area contributed by atoms with Crippen molar-refractivity contribution in [3.8, 4) is 11.3 Å². The summed E-state index contributed by atoms with van der Waals surface area (Å²) in [5.41, 5.74) is 0.825. The van der Waals surface area contributed by atoms with Crippen molar-refractivity contribution >= 4 is 17.7 Å². The van der Waals surface area contributed by atoms with Crippen LogP contribution in [0.25, 0.3) is 11.3 Å². The van der Waals surface area contributed by atoms with E-state index in [2.05, 4.69) is 10.3 Å². The van der Waals surface area contributed by atoms with Crippen molar-refractivity contribution in [1.29, 1.82) is 0 Å². The quantitative estimate of drug-likeness (QED) is 0.728. The van der Waals surface area contributed by atoms with E-state index in [1.54, 1.807) is 24.3 Å². The van der Waals surface area contributed by atoms with Gasteiger partial charge in [-0.15, -0.1) is 0 Å². The molecule has 0 unspecified atom stereocenters. The number of nitrogens with one attached hydrogen (secondary N) is 1. The zero-order valence-corrected chi connectivity index (χ0v) is 12.5. The molecule has 5 nitrogen and oxygen atoms in total. The molecule has 0 aliphatic heterocycles. The van der Waals surface area contributed by atoms with Gasteiger partial charge in [-0.1, -0.05) is 18.2 Å². The molecule has 0 bridgehead atoms. The summed E-state index contributed by atoms with van der Waals surface area (Å²) in [7, 11) is 1.28. The lowest BCUT2D eigenvalue weighted by Gasteiger charge is -2.05. The number of anilines is 2. The maximum Gasteiger partial charge on any atom is 0.338 e. The van der Waals surface area contributed by atoms with Gasteiger partial charge in [-0.2, -0.15) is 0 Å². The lowest BCUT2D eigenvalue weighted by Crippen LogP contribution is -2.02. The van der Waals surface area contributed by atoms with Gasteiger partial charge in [0.2, 0.25) is 0 Å². The van der Waals surface area contributed by atoms with Crippen LogP contribution < -0.4 is 5.32 Å². The second kappa shape index (κ2) is 6.49. The number of esters is 1. The van der Waals surface area contributed by atoms with E-state index >= 15 is 0 Å². The maximum absolute atomic E-state index is 13.6. The Morgan fingerprint density at radius 3 is 2.75 bits per heavy atom. The van der Waals surface area contributed by atoms with E-state index in [0.717, 1.165) is 12.1 Å². The lowest BCUT2D eigenvalue weighted by atomic mass is 10.1. The standard InChI is InChI=1S/C17H12F2N2O3/c1-23-16(22)12-5-3-2-4-11(12)15-9-20-17(24-15)21-14-7-6-10(18)8-13(14)19/h2-9H,1H3,(H,20,21). The highest BCUT2D eigenvalue weighted by atomic mass is 19.1. The second-order valence-electron chi connectivity index (χ2n) is 4.82. The van der Waals surface area contributed by atoms with Crippen molar-refractivity contribution in [2.75, 3.05) is 12.4 Å². The minimum atomic E-state index is -0.773. The van der Waals surface area contributed by atoms with E-state index in [-0.39, 0.29) is 11.7 Å². The number of halogens is 2. The second-order valence-corrected chi connectivity index (χ2v) is 4.82. The Morgan fingerprint density at radius 2 is 2.00 bits per heavy atom. The third-order valence-corrected chi connectivity index (χ3v) is 3.28. The van der Waals surface area contributed by atoms with Gasteiger partial charge in [0, 0.05) is 11.6 Å². The van der Waals surface area contributed by atoms with Crippen LogP contribution in [0.3, 0.4) is 0 Å². The first-order chi connectivity index (χ1) is 11.6. The Morgan fingerprint density at radius 1 is 1.21 bits per heavy atom. The Hall–Kier alpha value is -3.22. The largest absolute Gasteiger partial charge is 0.465 e. The molecule has 1 aromatic heterocycles. The van der Waals surface area contributed by atoms with Gasteiger partial charge < -0.3 is 14.5 Å². The highest BCUT2D eigenvalue weighted by molar-refractivity contribution is 5.96. The summed E-state index contributed by atoms with van der Waals surface area (Å²) in [5.74, 6) is -1.66. The molecule has 0 radical (unpaired) electrons. The van der Waals surface area contributed by atoms with E-state index in [9.17, 15) is 13.6 Å². The Kier molecular flexibility index (Phi) is 4.24. The van der Waals surface area contributed by atoms with Crippen LogP contribution in [0.5, 0.6) is 0 Å². The van der Waals surface area contributed by atoms with Crippen LogP contribution in [0.2, 0.25) is 0 Å². The molecule has 0 amide bonds. The van der Waals surface area contributed by atoms with Gasteiger partial charge >= 0.3 is 5.97 Å². The molecule has 0 spiro atoms. The molecule has 1 N–H and O–H groups in total. The van der Waals surface area contributed by atoms with E-state index < -0.39 is 17.6 Å². The number of carbonyl (C=O) groups excluding carboxylic acids is 1. The van der Waals surface area contributed by atoms with Crippen LogP contribution in [-0.4, -0.2) is 18.1 Å². The van der Waals surface area contributed by atoms with Gasteiger partial charge in [0.1, 0.15) is 11.6 Å². The van der Waals surface area contributed by atoms with Crippen LogP contribution >= 0.6 is 0 Å². The molecule has 0 atom stereocenters. The fourth-order valence-corrected chi connectivity index (χ4v) is 2.15. The third kappa shape index (κ3) is 3.10. The predicted molar refractivity (Wildman–Crippen MR) is 82.9 cm³/mol. The van der Waals surface area contributed by atoms with Gasteiger partial charge in [0.05, 0.1) is 24.6 Å². The molecule has 0 saturated carbocycles. The molecule has 0 saturated heterocycles. The molecule has 3 aromatic rings. The van der Waals surface area contributed by atoms with Crippen molar-refractivity contribution in [3.63, 3.8) is 0 Å². The number of aromatic nitrogens is 1. The molecule has 0 fully saturated rings. The van der Waals surface area contributed by atoms with Crippen molar-refractivity contribution in [2.24, 2.45) is 0 Å². The van der Waals surface area contributed by atoms with E-state index in [1.807, 2.05) is 0 Å². The Balaban J connectivity index is 1.90. The summed E-state index contributed by atoms with van der Waals surface area (Å²) in [6.45, 7) is 0. The average molecular weight is 330 g/mol. The van der Waals surface area contributed by atoms with Crippen LogP contribution in [-0.2, 0) is 4.74 Å². The molecule has 24 heavy (non-hydrogen) atoms. The minimum Gasteiger partial charge on any atom is -0.465 e. The zero-order chi connectivity index (χ0) is 17.1. The highest BCUT2D eigenvalue weighted by Gasteiger charge is 2.16. The van der Waals surface area contributed by atoms with Crippen LogP contribution in [0.4, 0.5) is 20.5 Å². The number of methoxy groups -OCH3 is 1. The molecule has 7 heteroatoms. The summed E-state index contributed by atoms with van der Waals surface area (Å²) in [4.78, 5) is 15.8. The van der Waals surface area contributed by atoms with Gasteiger partial charge in [0.25, 0.3) is 6.01 Å². The van der Waals surface area contributed by atoms with Crippen LogP contribution in [0, 0.1) is 11.6 Å². The average Bonchev–Trinajstić information content (AvgIpc) is 3.05. The van der Waals surface area contributed by atoms with Crippen molar-refractivity contribution in [1.82, 2.24) is 4.98 Å². The minimum absolute atomic E-state index is 0.00942. The van der Waals surface area contributed by atoms with Crippen molar-refractivity contribution in [2.45, 2.75) is 0 Å². The topological polar surface area (TPSA) is 64.4 Å². The normalized spacial score (nSPS) is 10.5. The van der Waals surface area contributed by atoms with E-state index in [0.29, 0.717) is 16.9 Å². The molecule has 0 aliphatic rings. The number of oxazole rings is 1. The van der Waals surface area contributed by atoms with E-state index in [4.69, 9.17) is 9.15 Å². The predicted octanol–water partition coefficient (Wildman–Crippen LogP) is 4.15. The Bertz CT molecular complexity index is 893. The summed E-state index contributed by atoms with van der Waals surface area (Å²) in [6.07, 6.45) is 1.39. The fourth-order valence-electron chi connectivity index (χ4n) is 2.15. The lowest BCUT2D eigenvalue weighted by molar-refractivity contribution is 0.0601. The molecular weight excluding hydrogens is 318 g/mol. The first kappa shape index (κ1) is 15.7. The summed E-state index contributed by atoms with van der Waals surface area (Å²) in [6, 6.07) is 9.80. The SMILES string of the molecule is COC(=O)c1ccccc1-c1cnc(Nc2ccc(F)cc2F)o1. The maximum atomic E-state index is 13.6. The molecule has 2 aromatic carbocycles. The van der Waals surface area contributed by atoms with Crippen LogP contribution in [0.1, 0.15) is 10.4 Å². The molecular formula is C17H12F2N2O3. The van der Waals surface area contributed by atoms with Gasteiger partial charge in [0.15, 0.2) is 5.76 Å².